The van der Waals surface area contributed by atoms with Gasteiger partial charge in [-0.15, -0.1) is 0 Å². The van der Waals surface area contributed by atoms with Crippen molar-refractivity contribution in [1.29, 1.82) is 0 Å². The number of allylic oxidation sites excluding steroid dienone is 1. The Morgan fingerprint density at radius 3 is 2.62 bits per heavy atom. The van der Waals surface area contributed by atoms with E-state index in [9.17, 15) is 4.79 Å². The summed E-state index contributed by atoms with van der Waals surface area (Å²) in [6, 6.07) is 0. The van der Waals surface area contributed by atoms with Crippen molar-refractivity contribution >= 4 is 5.78 Å². The standard InChI is InChI=1S/C21H33NO2/c1-20-9-7-15(24-12-11-22)13-14(20)3-4-16-17-5-6-19(23)21(17,2)10-8-18(16)20/h13,15-18H,3-12,22H2,1-2H3/t15-,16?,17?,18?,20-,21-/m0/s1. The largest absolute Gasteiger partial charge is 0.373 e. The molecular formula is C21H33NO2. The molecule has 6 atom stereocenters. The van der Waals surface area contributed by atoms with Crippen LogP contribution < -0.4 is 5.73 Å². The summed E-state index contributed by atoms with van der Waals surface area (Å²) >= 11 is 0. The number of ketones is 1. The van der Waals surface area contributed by atoms with Crippen LogP contribution in [0.1, 0.15) is 65.2 Å². The second-order valence-corrected chi connectivity index (χ2v) is 9.18. The van der Waals surface area contributed by atoms with E-state index in [1.807, 2.05) is 0 Å². The molecule has 0 aliphatic heterocycles. The van der Waals surface area contributed by atoms with Gasteiger partial charge in [-0.2, -0.15) is 0 Å². The Bertz CT molecular complexity index is 556. The minimum Gasteiger partial charge on any atom is -0.373 e. The van der Waals surface area contributed by atoms with E-state index in [1.54, 1.807) is 5.57 Å². The maximum Gasteiger partial charge on any atom is 0.139 e. The van der Waals surface area contributed by atoms with E-state index in [1.165, 1.54) is 25.7 Å². The van der Waals surface area contributed by atoms with Crippen molar-refractivity contribution in [2.75, 3.05) is 13.2 Å². The third-order valence-corrected chi connectivity index (χ3v) is 8.23. The maximum atomic E-state index is 12.5. The molecule has 0 aromatic heterocycles. The normalized spacial score (nSPS) is 47.6. The van der Waals surface area contributed by atoms with Gasteiger partial charge in [0.25, 0.3) is 0 Å². The van der Waals surface area contributed by atoms with Crippen molar-refractivity contribution < 1.29 is 9.53 Å². The van der Waals surface area contributed by atoms with Gasteiger partial charge in [0, 0.05) is 18.4 Å². The SMILES string of the molecule is C[C@]12CC[C@H](OCCN)C=C1CCC1C2CC[C@]2(C)C(=O)CCC12. The molecule has 134 valence electrons. The van der Waals surface area contributed by atoms with Crippen LogP contribution in [0, 0.1) is 28.6 Å². The summed E-state index contributed by atoms with van der Waals surface area (Å²) < 4.78 is 5.92. The van der Waals surface area contributed by atoms with Crippen molar-refractivity contribution in [3.8, 4) is 0 Å². The minimum absolute atomic E-state index is 0.000182. The van der Waals surface area contributed by atoms with Crippen molar-refractivity contribution in [2.24, 2.45) is 34.3 Å². The minimum atomic E-state index is 0.000182. The summed E-state index contributed by atoms with van der Waals surface area (Å²) in [5.41, 5.74) is 7.58. The van der Waals surface area contributed by atoms with Crippen LogP contribution in [0.25, 0.3) is 0 Å². The zero-order valence-corrected chi connectivity index (χ0v) is 15.4. The molecule has 3 nitrogen and oxygen atoms in total. The summed E-state index contributed by atoms with van der Waals surface area (Å²) in [5.74, 6) is 2.74. The summed E-state index contributed by atoms with van der Waals surface area (Å²) in [5, 5.41) is 0. The van der Waals surface area contributed by atoms with Gasteiger partial charge in [-0.1, -0.05) is 25.5 Å². The number of hydrogen-bond acceptors (Lipinski definition) is 3. The number of carbonyl (C=O) groups excluding carboxylic acids is 1. The second kappa shape index (κ2) is 5.95. The van der Waals surface area contributed by atoms with Crippen molar-refractivity contribution in [3.05, 3.63) is 11.6 Å². The van der Waals surface area contributed by atoms with Gasteiger partial charge < -0.3 is 10.5 Å². The van der Waals surface area contributed by atoms with Crippen LogP contribution in [-0.4, -0.2) is 25.0 Å². The van der Waals surface area contributed by atoms with E-state index in [-0.39, 0.29) is 11.5 Å². The maximum absolute atomic E-state index is 12.5. The molecule has 3 saturated carbocycles. The molecule has 0 amide bonds. The van der Waals surface area contributed by atoms with Crippen LogP contribution in [0.15, 0.2) is 11.6 Å². The molecule has 0 radical (unpaired) electrons. The summed E-state index contributed by atoms with van der Waals surface area (Å²) in [4.78, 5) is 12.5. The molecule has 2 N–H and O–H groups in total. The zero-order chi connectivity index (χ0) is 16.9. The Hall–Kier alpha value is -0.670. The smallest absolute Gasteiger partial charge is 0.139 e. The van der Waals surface area contributed by atoms with Gasteiger partial charge in [-0.3, -0.25) is 4.79 Å². The van der Waals surface area contributed by atoms with Crippen molar-refractivity contribution in [2.45, 2.75) is 71.3 Å². The van der Waals surface area contributed by atoms with Gasteiger partial charge in [0.15, 0.2) is 0 Å². The third kappa shape index (κ3) is 2.34. The molecule has 0 aromatic carbocycles. The molecule has 3 fully saturated rings. The lowest BCUT2D eigenvalue weighted by molar-refractivity contribution is -0.132. The Balaban J connectivity index is 1.58. The van der Waals surface area contributed by atoms with Crippen LogP contribution in [0.5, 0.6) is 0 Å². The van der Waals surface area contributed by atoms with E-state index in [0.29, 0.717) is 30.3 Å². The Morgan fingerprint density at radius 2 is 1.83 bits per heavy atom. The van der Waals surface area contributed by atoms with Crippen molar-refractivity contribution in [1.82, 2.24) is 0 Å². The molecule has 3 unspecified atom stereocenters. The molecule has 4 aliphatic rings. The first-order valence-electron chi connectivity index (χ1n) is 10.0. The first-order valence-corrected chi connectivity index (χ1v) is 10.0. The molecule has 0 saturated heterocycles. The lowest BCUT2D eigenvalue weighted by Gasteiger charge is -2.57. The summed E-state index contributed by atoms with van der Waals surface area (Å²) in [7, 11) is 0. The van der Waals surface area contributed by atoms with E-state index < -0.39 is 0 Å². The molecule has 4 aliphatic carbocycles. The fourth-order valence-electron chi connectivity index (χ4n) is 6.82. The molecule has 0 bridgehead atoms. The van der Waals surface area contributed by atoms with Crippen LogP contribution in [0.2, 0.25) is 0 Å². The predicted octanol–water partition coefficient (Wildman–Crippen LogP) is 3.86. The Morgan fingerprint density at radius 1 is 1.08 bits per heavy atom. The average Bonchev–Trinajstić information content (AvgIpc) is 2.88. The lowest BCUT2D eigenvalue weighted by Crippen LogP contribution is -2.50. The molecule has 24 heavy (non-hydrogen) atoms. The molecule has 0 heterocycles. The lowest BCUT2D eigenvalue weighted by atomic mass is 9.47. The highest BCUT2D eigenvalue weighted by Gasteiger charge is 2.58. The fraction of sp³-hybridized carbons (Fsp3) is 0.857. The van der Waals surface area contributed by atoms with Gasteiger partial charge in [-0.05, 0) is 68.1 Å². The second-order valence-electron chi connectivity index (χ2n) is 9.18. The van der Waals surface area contributed by atoms with E-state index in [4.69, 9.17) is 10.5 Å². The van der Waals surface area contributed by atoms with E-state index >= 15 is 0 Å². The van der Waals surface area contributed by atoms with Gasteiger partial charge in [0.2, 0.25) is 0 Å². The van der Waals surface area contributed by atoms with Crippen LogP contribution in [0.4, 0.5) is 0 Å². The van der Waals surface area contributed by atoms with E-state index in [0.717, 1.165) is 37.5 Å². The molecule has 0 aromatic rings. The molecular weight excluding hydrogens is 298 g/mol. The fourth-order valence-corrected chi connectivity index (χ4v) is 6.82. The van der Waals surface area contributed by atoms with Crippen LogP contribution >= 0.6 is 0 Å². The number of fused-ring (bicyclic) bond motifs is 5. The van der Waals surface area contributed by atoms with Gasteiger partial charge >= 0.3 is 0 Å². The number of nitrogens with two attached hydrogens (primary N) is 1. The highest BCUT2D eigenvalue weighted by Crippen LogP contribution is 2.64. The molecule has 4 rings (SSSR count). The number of carbonyl (C=O) groups is 1. The first kappa shape index (κ1) is 16.8. The van der Waals surface area contributed by atoms with Crippen LogP contribution in [-0.2, 0) is 9.53 Å². The highest BCUT2D eigenvalue weighted by molar-refractivity contribution is 5.87. The average molecular weight is 332 g/mol. The quantitative estimate of drug-likeness (QED) is 0.799. The van der Waals surface area contributed by atoms with Gasteiger partial charge in [-0.25, -0.2) is 0 Å². The predicted molar refractivity (Wildman–Crippen MR) is 95.5 cm³/mol. The number of hydrogen-bond donors (Lipinski definition) is 1. The molecule has 0 spiro atoms. The topological polar surface area (TPSA) is 52.3 Å². The van der Waals surface area contributed by atoms with Crippen LogP contribution in [0.3, 0.4) is 0 Å². The summed E-state index contributed by atoms with van der Waals surface area (Å²) in [6.45, 7) is 6.05. The zero-order valence-electron chi connectivity index (χ0n) is 15.4. The van der Waals surface area contributed by atoms with Crippen molar-refractivity contribution in [3.63, 3.8) is 0 Å². The summed E-state index contributed by atoms with van der Waals surface area (Å²) in [6.07, 6.45) is 11.9. The van der Waals surface area contributed by atoms with Gasteiger partial charge in [0.05, 0.1) is 12.7 Å². The van der Waals surface area contributed by atoms with E-state index in [2.05, 4.69) is 19.9 Å². The Kier molecular flexibility index (Phi) is 4.16. The third-order valence-electron chi connectivity index (χ3n) is 8.23. The highest BCUT2D eigenvalue weighted by atomic mass is 16.5. The molecule has 3 heteroatoms. The number of ether oxygens (including phenoxy) is 1. The monoisotopic (exact) mass is 331 g/mol. The number of rotatable bonds is 3. The number of Topliss-reactive ketones (excluding diaryl/α,β-unsaturated/α-hetero) is 1. The Labute approximate surface area is 146 Å². The first-order chi connectivity index (χ1) is 11.5. The van der Waals surface area contributed by atoms with Gasteiger partial charge in [0.1, 0.15) is 5.78 Å².